The summed E-state index contributed by atoms with van der Waals surface area (Å²) in [6.45, 7) is 2.05. The topological polar surface area (TPSA) is 15.8 Å². The number of benzene rings is 1. The van der Waals surface area contributed by atoms with Crippen LogP contribution in [0.25, 0.3) is 10.9 Å². The first-order valence-electron chi connectivity index (χ1n) is 3.62. The van der Waals surface area contributed by atoms with Crippen molar-refractivity contribution in [2.75, 3.05) is 0 Å². The minimum absolute atomic E-state index is 0.769. The molecule has 0 amide bonds. The van der Waals surface area contributed by atoms with Gasteiger partial charge in [-0.3, -0.25) is 0 Å². The zero-order valence-electron chi connectivity index (χ0n) is 6.49. The first-order chi connectivity index (χ1) is 5.70. The quantitative estimate of drug-likeness (QED) is 0.724. The predicted molar refractivity (Wildman–Crippen MR) is 55.7 cm³/mol. The lowest BCUT2D eigenvalue weighted by Gasteiger charge is -1.98. The van der Waals surface area contributed by atoms with Gasteiger partial charge in [0.25, 0.3) is 0 Å². The molecule has 2 rings (SSSR count). The van der Waals surface area contributed by atoms with Gasteiger partial charge in [-0.15, -0.1) is 0 Å². The summed E-state index contributed by atoms with van der Waals surface area (Å²) in [4.78, 5) is 3.12. The molecule has 1 aromatic heterocycles. The Kier molecular flexibility index (Phi) is 1.89. The summed E-state index contributed by atoms with van der Waals surface area (Å²) in [5, 5.41) is 1.83. The third kappa shape index (κ3) is 1.06. The summed E-state index contributed by atoms with van der Waals surface area (Å²) in [6.07, 6.45) is 1.80. The molecule has 0 aliphatic heterocycles. The van der Waals surface area contributed by atoms with Gasteiger partial charge >= 0.3 is 0 Å². The predicted octanol–water partition coefficient (Wildman–Crippen LogP) is 3.89. The molecule has 0 radical (unpaired) electrons. The fourth-order valence-corrected chi connectivity index (χ4v) is 1.91. The Balaban J connectivity index is 2.93. The molecule has 0 fully saturated rings. The van der Waals surface area contributed by atoms with Crippen molar-refractivity contribution >= 4 is 38.4 Å². The number of hydrogen-bond donors (Lipinski definition) is 1. The number of hydrogen-bond acceptors (Lipinski definition) is 0. The second-order valence-electron chi connectivity index (χ2n) is 2.76. The van der Waals surface area contributed by atoms with Crippen LogP contribution in [0.15, 0.2) is 22.8 Å². The van der Waals surface area contributed by atoms with E-state index in [1.54, 1.807) is 6.20 Å². The maximum atomic E-state index is 5.94. The maximum Gasteiger partial charge on any atom is 0.0659 e. The molecule has 62 valence electrons. The largest absolute Gasteiger partial charge is 0.359 e. The first-order valence-corrected chi connectivity index (χ1v) is 4.79. The van der Waals surface area contributed by atoms with E-state index in [1.165, 1.54) is 5.56 Å². The van der Waals surface area contributed by atoms with Gasteiger partial charge < -0.3 is 4.98 Å². The molecule has 0 saturated heterocycles. The van der Waals surface area contributed by atoms with Gasteiger partial charge in [0, 0.05) is 16.1 Å². The highest BCUT2D eigenvalue weighted by Gasteiger charge is 2.05. The van der Waals surface area contributed by atoms with E-state index in [1.807, 2.05) is 12.1 Å². The van der Waals surface area contributed by atoms with Gasteiger partial charge in [-0.25, -0.2) is 0 Å². The molecule has 1 heterocycles. The third-order valence-electron chi connectivity index (χ3n) is 1.94. The van der Waals surface area contributed by atoms with Gasteiger partial charge in [-0.1, -0.05) is 23.7 Å². The van der Waals surface area contributed by atoms with Crippen molar-refractivity contribution in [2.45, 2.75) is 6.92 Å². The standard InChI is InChI=1S/C9H7BrClN/c1-5-2-3-6-7(11)4-12-9(6)8(5)10/h2-4,12H,1H3. The molecule has 0 aliphatic carbocycles. The van der Waals surface area contributed by atoms with E-state index in [0.29, 0.717) is 0 Å². The summed E-state index contributed by atoms with van der Waals surface area (Å²) in [5.41, 5.74) is 2.28. The Bertz CT molecular complexity index is 433. The minimum Gasteiger partial charge on any atom is -0.359 e. The van der Waals surface area contributed by atoms with Crippen LogP contribution in [0.3, 0.4) is 0 Å². The van der Waals surface area contributed by atoms with Crippen molar-refractivity contribution in [2.24, 2.45) is 0 Å². The van der Waals surface area contributed by atoms with Gasteiger partial charge in [0.1, 0.15) is 0 Å². The summed E-state index contributed by atoms with van der Waals surface area (Å²) in [6, 6.07) is 4.07. The average molecular weight is 245 g/mol. The van der Waals surface area contributed by atoms with Crippen molar-refractivity contribution in [3.8, 4) is 0 Å². The van der Waals surface area contributed by atoms with Gasteiger partial charge in [0.2, 0.25) is 0 Å². The maximum absolute atomic E-state index is 5.94. The molecule has 2 aromatic rings. The fourth-order valence-electron chi connectivity index (χ4n) is 1.23. The van der Waals surface area contributed by atoms with Gasteiger partial charge in [0.15, 0.2) is 0 Å². The molecule has 1 N–H and O–H groups in total. The van der Waals surface area contributed by atoms with Crippen LogP contribution < -0.4 is 0 Å². The molecule has 1 aromatic carbocycles. The van der Waals surface area contributed by atoms with Gasteiger partial charge in [-0.05, 0) is 28.4 Å². The normalized spacial score (nSPS) is 10.9. The van der Waals surface area contributed by atoms with Crippen molar-refractivity contribution in [3.05, 3.63) is 33.4 Å². The Morgan fingerprint density at radius 2 is 2.17 bits per heavy atom. The molecule has 0 saturated carbocycles. The molecule has 0 spiro atoms. The molecule has 12 heavy (non-hydrogen) atoms. The number of rotatable bonds is 0. The smallest absolute Gasteiger partial charge is 0.0659 e. The highest BCUT2D eigenvalue weighted by molar-refractivity contribution is 9.10. The van der Waals surface area contributed by atoms with Crippen LogP contribution >= 0.6 is 27.5 Å². The SMILES string of the molecule is Cc1ccc2c(Cl)c[nH]c2c1Br. The van der Waals surface area contributed by atoms with E-state index in [0.717, 1.165) is 20.4 Å². The molecule has 0 unspecified atom stereocenters. The Labute approximate surface area is 83.9 Å². The number of aromatic amines is 1. The molecular formula is C9H7BrClN. The summed E-state index contributed by atoms with van der Waals surface area (Å²) in [5.74, 6) is 0. The lowest BCUT2D eigenvalue weighted by atomic mass is 10.2. The molecule has 0 atom stereocenters. The third-order valence-corrected chi connectivity index (χ3v) is 3.27. The van der Waals surface area contributed by atoms with Crippen LogP contribution in [-0.4, -0.2) is 4.98 Å². The Hall–Kier alpha value is -0.470. The summed E-state index contributed by atoms with van der Waals surface area (Å²) >= 11 is 9.45. The number of aromatic nitrogens is 1. The first kappa shape index (κ1) is 8.14. The van der Waals surface area contributed by atoms with Crippen LogP contribution in [0.4, 0.5) is 0 Å². The highest BCUT2D eigenvalue weighted by Crippen LogP contribution is 2.30. The van der Waals surface area contributed by atoms with E-state index in [9.17, 15) is 0 Å². The second kappa shape index (κ2) is 2.79. The number of aryl methyl sites for hydroxylation is 1. The van der Waals surface area contributed by atoms with E-state index >= 15 is 0 Å². The van der Waals surface area contributed by atoms with Crippen LogP contribution in [0, 0.1) is 6.92 Å². The lowest BCUT2D eigenvalue weighted by Crippen LogP contribution is -1.76. The van der Waals surface area contributed by atoms with Gasteiger partial charge in [0.05, 0.1) is 10.5 Å². The van der Waals surface area contributed by atoms with Gasteiger partial charge in [-0.2, -0.15) is 0 Å². The fraction of sp³-hybridized carbons (Fsp3) is 0.111. The van der Waals surface area contributed by atoms with Crippen molar-refractivity contribution in [3.63, 3.8) is 0 Å². The number of nitrogens with one attached hydrogen (secondary N) is 1. The number of fused-ring (bicyclic) bond motifs is 1. The lowest BCUT2D eigenvalue weighted by molar-refractivity contribution is 1.41. The Morgan fingerprint density at radius 1 is 1.42 bits per heavy atom. The van der Waals surface area contributed by atoms with E-state index < -0.39 is 0 Å². The van der Waals surface area contributed by atoms with E-state index in [2.05, 4.69) is 27.8 Å². The van der Waals surface area contributed by atoms with E-state index in [-0.39, 0.29) is 0 Å². The minimum atomic E-state index is 0.769. The zero-order valence-corrected chi connectivity index (χ0v) is 8.83. The van der Waals surface area contributed by atoms with Crippen LogP contribution in [0.5, 0.6) is 0 Å². The summed E-state index contributed by atoms with van der Waals surface area (Å²) in [7, 11) is 0. The molecule has 0 bridgehead atoms. The van der Waals surface area contributed by atoms with Crippen molar-refractivity contribution in [1.82, 2.24) is 4.98 Å². The number of halogens is 2. The molecular weight excluding hydrogens is 237 g/mol. The molecule has 0 aliphatic rings. The van der Waals surface area contributed by atoms with Crippen LogP contribution in [0.1, 0.15) is 5.56 Å². The highest BCUT2D eigenvalue weighted by atomic mass is 79.9. The van der Waals surface area contributed by atoms with Crippen LogP contribution in [-0.2, 0) is 0 Å². The Morgan fingerprint density at radius 3 is 2.92 bits per heavy atom. The van der Waals surface area contributed by atoms with Crippen molar-refractivity contribution in [1.29, 1.82) is 0 Å². The van der Waals surface area contributed by atoms with Crippen LogP contribution in [0.2, 0.25) is 5.02 Å². The monoisotopic (exact) mass is 243 g/mol. The molecule has 3 heteroatoms. The summed E-state index contributed by atoms with van der Waals surface area (Å²) < 4.78 is 1.09. The zero-order chi connectivity index (χ0) is 8.72. The number of H-pyrrole nitrogens is 1. The van der Waals surface area contributed by atoms with Crippen molar-refractivity contribution < 1.29 is 0 Å². The molecule has 1 nitrogen and oxygen atoms in total. The second-order valence-corrected chi connectivity index (χ2v) is 3.96. The average Bonchev–Trinajstić information content (AvgIpc) is 2.41. The van der Waals surface area contributed by atoms with E-state index in [4.69, 9.17) is 11.6 Å².